The zero-order valence-corrected chi connectivity index (χ0v) is 45.2. The van der Waals surface area contributed by atoms with Crippen LogP contribution < -0.4 is 24.3 Å². The van der Waals surface area contributed by atoms with E-state index >= 15 is 0 Å². The molecular formula is C59H46Br3LiO2S4. The van der Waals surface area contributed by atoms with Gasteiger partial charge in [0, 0.05) is 64.6 Å². The molecule has 0 saturated heterocycles. The second-order valence-electron chi connectivity index (χ2n) is 15.6. The average Bonchev–Trinajstić information content (AvgIpc) is 3.93. The van der Waals surface area contributed by atoms with Crippen LogP contribution in [0.2, 0.25) is 0 Å². The third-order valence-corrected chi connectivity index (χ3v) is 18.1. The molecule has 0 spiro atoms. The molecule has 3 aromatic heterocycles. The summed E-state index contributed by atoms with van der Waals surface area (Å²) < 4.78 is 8.61. The summed E-state index contributed by atoms with van der Waals surface area (Å²) in [5.41, 5.74) is 5.44. The van der Waals surface area contributed by atoms with Gasteiger partial charge in [-0.25, -0.2) is 0 Å². The van der Waals surface area contributed by atoms with E-state index in [4.69, 9.17) is 0 Å². The maximum absolute atomic E-state index is 12.6. The second-order valence-corrected chi connectivity index (χ2v) is 22.5. The van der Waals surface area contributed by atoms with E-state index in [-0.39, 0.29) is 31.7 Å². The number of aliphatic hydroxyl groups is 1. The Kier molecular flexibility index (Phi) is 18.3. The Labute approximate surface area is 458 Å². The van der Waals surface area contributed by atoms with Crippen molar-refractivity contribution < 1.29 is 24.0 Å². The summed E-state index contributed by atoms with van der Waals surface area (Å²) in [6.45, 7) is 5.72. The van der Waals surface area contributed by atoms with Gasteiger partial charge < -0.3 is 12.0 Å². The fourth-order valence-electron chi connectivity index (χ4n) is 7.99. The van der Waals surface area contributed by atoms with Gasteiger partial charge in [-0.3, -0.25) is 4.79 Å². The Bertz CT molecular complexity index is 3570. The van der Waals surface area contributed by atoms with Crippen LogP contribution in [0.3, 0.4) is 0 Å². The topological polar surface area (TPSA) is 37.3 Å². The minimum absolute atomic E-state index is 0. The molecule has 340 valence electrons. The van der Waals surface area contributed by atoms with E-state index in [9.17, 15) is 9.90 Å². The standard InChI is InChI=1S/C27H17BrOS2.C15H7BrOS2.C12H9Br.C4H9.CH4.Li/c28-18-14-15-20-24(16-18)31-26-25(20)30-23-13-7-6-12-22(23)27(26,29)21-11-5-4-10-19(21)17-8-2-1-3-9-17;16-8-5-6-10-12(7-8)19-15-13(17)9-3-1-2-4-11(9)18-14(10)15;13-12-9-5-4-8-11(12)10-6-2-1-3-7-10;1-3-4-2;;/h1-16,29H;1-7H;1-9H;1,3-4H2,2H3;1H4;/q;;;-1;;+1. The second kappa shape index (κ2) is 23.9. The summed E-state index contributed by atoms with van der Waals surface area (Å²) in [7, 11) is 0. The number of hydrogen-bond acceptors (Lipinski definition) is 6. The molecule has 12 rings (SSSR count). The van der Waals surface area contributed by atoms with Gasteiger partial charge in [0.25, 0.3) is 0 Å². The van der Waals surface area contributed by atoms with Crippen LogP contribution in [0.15, 0.2) is 222 Å². The first-order chi connectivity index (χ1) is 32.7. The van der Waals surface area contributed by atoms with Gasteiger partial charge in [-0.05, 0) is 70.8 Å². The summed E-state index contributed by atoms with van der Waals surface area (Å²) in [6.07, 6.45) is 2.28. The molecule has 1 aliphatic heterocycles. The Hall–Kier alpha value is -4.08. The van der Waals surface area contributed by atoms with Crippen LogP contribution in [0, 0.1) is 6.92 Å². The van der Waals surface area contributed by atoms with Gasteiger partial charge in [0.2, 0.25) is 5.43 Å². The van der Waals surface area contributed by atoms with Gasteiger partial charge in [0.1, 0.15) is 0 Å². The van der Waals surface area contributed by atoms with Crippen molar-refractivity contribution in [3.05, 3.63) is 241 Å². The van der Waals surface area contributed by atoms with Crippen molar-refractivity contribution in [3.63, 3.8) is 0 Å². The van der Waals surface area contributed by atoms with Gasteiger partial charge in [-0.15, -0.1) is 34.0 Å². The van der Waals surface area contributed by atoms with Crippen LogP contribution >= 0.6 is 93.6 Å². The van der Waals surface area contributed by atoms with E-state index in [1.807, 2.05) is 91.0 Å². The van der Waals surface area contributed by atoms with Crippen molar-refractivity contribution in [1.29, 1.82) is 0 Å². The SMILES string of the molecule is Brc1ccccc1-c1ccccc1.C.O=c1c2ccccc2sc2c1sc1cc(Br)ccc12.OC1(c2ccccc2-c2ccccc2)c2ccccc2Sc2c1sc1cc(Br)ccc21.[CH2-]CCC.[Li+]. The summed E-state index contributed by atoms with van der Waals surface area (Å²) in [4.78, 5) is 15.8. The minimum atomic E-state index is -1.22. The number of fused-ring (bicyclic) bond motifs is 8. The van der Waals surface area contributed by atoms with E-state index in [0.717, 1.165) is 80.9 Å². The normalized spacial score (nSPS) is 13.3. The van der Waals surface area contributed by atoms with Crippen molar-refractivity contribution in [2.45, 2.75) is 42.6 Å². The Morgan fingerprint density at radius 3 is 1.70 bits per heavy atom. The van der Waals surface area contributed by atoms with Crippen molar-refractivity contribution in [2.75, 3.05) is 0 Å². The van der Waals surface area contributed by atoms with Crippen LogP contribution in [-0.2, 0) is 5.60 Å². The van der Waals surface area contributed by atoms with Crippen LogP contribution in [0.25, 0.3) is 61.9 Å². The molecule has 1 atom stereocenters. The number of benzene rings is 8. The molecule has 8 aromatic carbocycles. The molecule has 10 heteroatoms. The predicted molar refractivity (Wildman–Crippen MR) is 309 cm³/mol. The number of unbranched alkanes of at least 4 members (excludes halogenated alkanes) is 1. The molecule has 0 aliphatic carbocycles. The minimum Gasteiger partial charge on any atom is -0.375 e. The third-order valence-electron chi connectivity index (χ3n) is 11.3. The molecule has 0 fully saturated rings. The molecule has 69 heavy (non-hydrogen) atoms. The molecule has 0 radical (unpaired) electrons. The van der Waals surface area contributed by atoms with Crippen molar-refractivity contribution in [1.82, 2.24) is 0 Å². The maximum Gasteiger partial charge on any atom is 1.00 e. The molecule has 1 unspecified atom stereocenters. The van der Waals surface area contributed by atoms with Gasteiger partial charge in [-0.2, -0.15) is 6.42 Å². The monoisotopic (exact) mass is 1160 g/mol. The fourth-order valence-corrected chi connectivity index (χ4v) is 14.8. The van der Waals surface area contributed by atoms with E-state index < -0.39 is 5.60 Å². The number of hydrogen-bond donors (Lipinski definition) is 1. The van der Waals surface area contributed by atoms with Crippen molar-refractivity contribution >= 4 is 133 Å². The molecule has 0 saturated carbocycles. The van der Waals surface area contributed by atoms with E-state index in [2.05, 4.69) is 165 Å². The van der Waals surface area contributed by atoms with Gasteiger partial charge in [0.15, 0.2) is 5.60 Å². The van der Waals surface area contributed by atoms with Crippen LogP contribution in [-0.4, -0.2) is 5.11 Å². The van der Waals surface area contributed by atoms with Crippen LogP contribution in [0.1, 0.15) is 43.2 Å². The number of rotatable bonds is 4. The fraction of sp³-hybridized carbons (Fsp3) is 0.0847. The Balaban J connectivity index is 0.000000158. The molecule has 4 heterocycles. The van der Waals surface area contributed by atoms with Gasteiger partial charge in [-0.1, -0.05) is 226 Å². The zero-order chi connectivity index (χ0) is 46.5. The smallest absolute Gasteiger partial charge is 0.375 e. The summed E-state index contributed by atoms with van der Waals surface area (Å²) in [6, 6.07) is 65.8. The summed E-state index contributed by atoms with van der Waals surface area (Å²) in [5, 5.41) is 15.8. The largest absolute Gasteiger partial charge is 1.00 e. The average molecular weight is 1160 g/mol. The van der Waals surface area contributed by atoms with Crippen molar-refractivity contribution in [3.8, 4) is 22.3 Å². The molecule has 1 aliphatic rings. The molecule has 2 nitrogen and oxygen atoms in total. The van der Waals surface area contributed by atoms with Crippen molar-refractivity contribution in [2.24, 2.45) is 0 Å². The van der Waals surface area contributed by atoms with E-state index in [1.54, 1.807) is 45.8 Å². The summed E-state index contributed by atoms with van der Waals surface area (Å²) in [5.74, 6) is 0. The molecule has 11 aromatic rings. The number of halogens is 3. The van der Waals surface area contributed by atoms with E-state index in [0.29, 0.717) is 0 Å². The number of thiophene rings is 2. The summed E-state index contributed by atoms with van der Waals surface area (Å²) >= 11 is 17.4. The van der Waals surface area contributed by atoms with Gasteiger partial charge >= 0.3 is 18.9 Å². The zero-order valence-electron chi connectivity index (χ0n) is 37.2. The first-order valence-corrected chi connectivity index (χ1v) is 27.3. The van der Waals surface area contributed by atoms with E-state index in [1.165, 1.54) is 33.0 Å². The molecule has 0 amide bonds. The third kappa shape index (κ3) is 11.0. The quantitative estimate of drug-likeness (QED) is 0.141. The first-order valence-electron chi connectivity index (χ1n) is 21.7. The van der Waals surface area contributed by atoms with Crippen LogP contribution in [0.4, 0.5) is 0 Å². The molecule has 0 bridgehead atoms. The first kappa shape index (κ1) is 52.7. The van der Waals surface area contributed by atoms with Crippen LogP contribution in [0.5, 0.6) is 0 Å². The maximum atomic E-state index is 12.6. The molecular weight excluding hydrogens is 1120 g/mol. The molecule has 1 N–H and O–H groups in total. The predicted octanol–water partition coefficient (Wildman–Crippen LogP) is 16.8. The Morgan fingerprint density at radius 2 is 1.04 bits per heavy atom. The van der Waals surface area contributed by atoms with Gasteiger partial charge in [0.05, 0.1) is 14.3 Å². The Morgan fingerprint density at radius 1 is 0.536 bits per heavy atom.